The van der Waals surface area contributed by atoms with Crippen molar-refractivity contribution in [2.45, 2.75) is 19.7 Å². The van der Waals surface area contributed by atoms with Gasteiger partial charge >= 0.3 is 12.1 Å². The molecule has 0 radical (unpaired) electrons. The Morgan fingerprint density at radius 3 is 2.59 bits per heavy atom. The van der Waals surface area contributed by atoms with Crippen molar-refractivity contribution in [3.05, 3.63) is 81.5 Å². The van der Waals surface area contributed by atoms with E-state index in [0.717, 1.165) is 18.3 Å². The van der Waals surface area contributed by atoms with Crippen LogP contribution in [0.3, 0.4) is 0 Å². The SMILES string of the molecule is CCOC(=O)c1cnc(-c2cccc([N+](=O)[O-])c2)nc1OCc1cccc(C(F)(F)F)c1. The molecule has 3 aromatic rings. The number of hydrogen-bond donors (Lipinski definition) is 0. The first-order valence-corrected chi connectivity index (χ1v) is 9.27. The molecule has 0 aliphatic carbocycles. The monoisotopic (exact) mass is 447 g/mol. The predicted octanol–water partition coefficient (Wildman–Crippen LogP) is 4.83. The number of non-ortho nitro benzene ring substituents is 1. The summed E-state index contributed by atoms with van der Waals surface area (Å²) < 4.78 is 49.3. The zero-order chi connectivity index (χ0) is 23.3. The molecule has 3 rings (SSSR count). The van der Waals surface area contributed by atoms with Gasteiger partial charge in [-0.2, -0.15) is 18.2 Å². The van der Waals surface area contributed by atoms with E-state index in [4.69, 9.17) is 9.47 Å². The second-order valence-corrected chi connectivity index (χ2v) is 6.43. The van der Waals surface area contributed by atoms with E-state index >= 15 is 0 Å². The Balaban J connectivity index is 1.95. The molecule has 0 saturated carbocycles. The van der Waals surface area contributed by atoms with Gasteiger partial charge in [0.2, 0.25) is 5.88 Å². The molecule has 0 N–H and O–H groups in total. The summed E-state index contributed by atoms with van der Waals surface area (Å²) in [6, 6.07) is 10.0. The second kappa shape index (κ2) is 9.41. The van der Waals surface area contributed by atoms with E-state index in [0.29, 0.717) is 5.56 Å². The van der Waals surface area contributed by atoms with Gasteiger partial charge in [-0.3, -0.25) is 10.1 Å². The summed E-state index contributed by atoms with van der Waals surface area (Å²) >= 11 is 0. The van der Waals surface area contributed by atoms with Crippen LogP contribution in [-0.2, 0) is 17.5 Å². The number of carbonyl (C=O) groups excluding carboxylic acids is 1. The number of hydrogen-bond acceptors (Lipinski definition) is 7. The fourth-order valence-electron chi connectivity index (χ4n) is 2.71. The molecule has 0 spiro atoms. The number of ether oxygens (including phenoxy) is 2. The number of rotatable bonds is 7. The maximum atomic E-state index is 12.9. The normalized spacial score (nSPS) is 11.1. The summed E-state index contributed by atoms with van der Waals surface area (Å²) in [5, 5.41) is 11.0. The van der Waals surface area contributed by atoms with Crippen LogP contribution in [0.1, 0.15) is 28.4 Å². The molecule has 1 heterocycles. The molecule has 166 valence electrons. The van der Waals surface area contributed by atoms with Gasteiger partial charge in [0.25, 0.3) is 5.69 Å². The largest absolute Gasteiger partial charge is 0.472 e. The first kappa shape index (κ1) is 22.7. The second-order valence-electron chi connectivity index (χ2n) is 6.43. The Morgan fingerprint density at radius 1 is 1.16 bits per heavy atom. The van der Waals surface area contributed by atoms with Gasteiger partial charge in [-0.05, 0) is 24.6 Å². The van der Waals surface area contributed by atoms with Crippen LogP contribution in [-0.4, -0.2) is 27.5 Å². The molecule has 0 unspecified atom stereocenters. The third-order valence-corrected chi connectivity index (χ3v) is 4.19. The van der Waals surface area contributed by atoms with Crippen molar-refractivity contribution >= 4 is 11.7 Å². The lowest BCUT2D eigenvalue weighted by atomic mass is 10.1. The predicted molar refractivity (Wildman–Crippen MR) is 106 cm³/mol. The smallest absolute Gasteiger partial charge is 0.416 e. The Bertz CT molecular complexity index is 1150. The van der Waals surface area contributed by atoms with Crippen LogP contribution in [0.2, 0.25) is 0 Å². The maximum Gasteiger partial charge on any atom is 0.416 e. The van der Waals surface area contributed by atoms with Gasteiger partial charge in [0.15, 0.2) is 5.82 Å². The van der Waals surface area contributed by atoms with E-state index in [1.807, 2.05) is 0 Å². The number of alkyl halides is 3. The Hall–Kier alpha value is -4.02. The standard InChI is InChI=1S/C21H16F3N3O5/c1-2-31-20(28)17-11-25-18(14-6-4-8-16(10-14)27(29)30)26-19(17)32-12-13-5-3-7-15(9-13)21(22,23)24/h3-11H,2,12H2,1H3. The molecular weight excluding hydrogens is 431 g/mol. The van der Waals surface area contributed by atoms with Crippen molar-refractivity contribution < 1.29 is 32.4 Å². The van der Waals surface area contributed by atoms with Crippen molar-refractivity contribution in [2.75, 3.05) is 6.61 Å². The molecule has 11 heteroatoms. The van der Waals surface area contributed by atoms with Crippen molar-refractivity contribution in [1.29, 1.82) is 0 Å². The van der Waals surface area contributed by atoms with Crippen LogP contribution in [0.4, 0.5) is 18.9 Å². The molecule has 0 amide bonds. The highest BCUT2D eigenvalue weighted by Gasteiger charge is 2.30. The van der Waals surface area contributed by atoms with Gasteiger partial charge in [0.1, 0.15) is 12.2 Å². The topological polar surface area (TPSA) is 104 Å². The van der Waals surface area contributed by atoms with Crippen LogP contribution >= 0.6 is 0 Å². The van der Waals surface area contributed by atoms with Crippen LogP contribution in [0.15, 0.2) is 54.7 Å². The van der Waals surface area contributed by atoms with Crippen LogP contribution in [0.5, 0.6) is 5.88 Å². The Labute approximate surface area is 179 Å². The van der Waals surface area contributed by atoms with Crippen LogP contribution in [0, 0.1) is 10.1 Å². The quantitative estimate of drug-likeness (QED) is 0.290. The molecule has 0 aliphatic heterocycles. The zero-order valence-electron chi connectivity index (χ0n) is 16.6. The van der Waals surface area contributed by atoms with E-state index in [1.165, 1.54) is 36.4 Å². The third-order valence-electron chi connectivity index (χ3n) is 4.19. The van der Waals surface area contributed by atoms with Crippen molar-refractivity contribution in [3.8, 4) is 17.3 Å². The van der Waals surface area contributed by atoms with Crippen molar-refractivity contribution in [2.24, 2.45) is 0 Å². The lowest BCUT2D eigenvalue weighted by molar-refractivity contribution is -0.384. The number of benzene rings is 2. The minimum atomic E-state index is -4.52. The minimum absolute atomic E-state index is 0.0285. The van der Waals surface area contributed by atoms with Crippen LogP contribution in [0.25, 0.3) is 11.4 Å². The zero-order valence-corrected chi connectivity index (χ0v) is 16.6. The lowest BCUT2D eigenvalue weighted by Gasteiger charge is -2.12. The van der Waals surface area contributed by atoms with Gasteiger partial charge < -0.3 is 9.47 Å². The van der Waals surface area contributed by atoms with Crippen molar-refractivity contribution in [1.82, 2.24) is 9.97 Å². The number of aromatic nitrogens is 2. The summed E-state index contributed by atoms with van der Waals surface area (Å²) in [5.41, 5.74) is -0.673. The maximum absolute atomic E-state index is 12.9. The van der Waals surface area contributed by atoms with Crippen molar-refractivity contribution in [3.63, 3.8) is 0 Å². The Morgan fingerprint density at radius 2 is 1.91 bits per heavy atom. The fraction of sp³-hybridized carbons (Fsp3) is 0.190. The lowest BCUT2D eigenvalue weighted by Crippen LogP contribution is -2.11. The highest BCUT2D eigenvalue weighted by molar-refractivity contribution is 5.91. The summed E-state index contributed by atoms with van der Waals surface area (Å²) in [6.45, 7) is 1.35. The molecule has 0 bridgehead atoms. The average molecular weight is 447 g/mol. The summed E-state index contributed by atoms with van der Waals surface area (Å²) in [4.78, 5) is 30.9. The number of esters is 1. The summed E-state index contributed by atoms with van der Waals surface area (Å²) in [7, 11) is 0. The fourth-order valence-corrected chi connectivity index (χ4v) is 2.71. The molecule has 0 atom stereocenters. The molecule has 32 heavy (non-hydrogen) atoms. The van der Waals surface area contributed by atoms with Gasteiger partial charge in [0, 0.05) is 23.9 Å². The third kappa shape index (κ3) is 5.36. The molecule has 2 aromatic carbocycles. The van der Waals surface area contributed by atoms with E-state index in [1.54, 1.807) is 6.92 Å². The number of nitro groups is 1. The molecule has 0 aliphatic rings. The van der Waals surface area contributed by atoms with E-state index in [-0.39, 0.29) is 41.7 Å². The first-order valence-electron chi connectivity index (χ1n) is 9.27. The van der Waals surface area contributed by atoms with E-state index in [2.05, 4.69) is 9.97 Å². The number of nitrogens with zero attached hydrogens (tertiary/aromatic N) is 3. The highest BCUT2D eigenvalue weighted by Crippen LogP contribution is 2.30. The van der Waals surface area contributed by atoms with Gasteiger partial charge in [-0.25, -0.2) is 9.78 Å². The summed E-state index contributed by atoms with van der Waals surface area (Å²) in [5.74, 6) is -0.977. The number of halogens is 3. The molecule has 0 saturated heterocycles. The number of nitro benzene ring substituents is 1. The summed E-state index contributed by atoms with van der Waals surface area (Å²) in [6.07, 6.45) is -3.38. The highest BCUT2D eigenvalue weighted by atomic mass is 19.4. The minimum Gasteiger partial charge on any atom is -0.472 e. The van der Waals surface area contributed by atoms with E-state index in [9.17, 15) is 28.1 Å². The molecule has 0 fully saturated rings. The molecule has 8 nitrogen and oxygen atoms in total. The van der Waals surface area contributed by atoms with E-state index < -0.39 is 22.6 Å². The van der Waals surface area contributed by atoms with Gasteiger partial charge in [-0.1, -0.05) is 24.3 Å². The molecular formula is C21H16F3N3O5. The number of carbonyl (C=O) groups is 1. The first-order chi connectivity index (χ1) is 15.2. The van der Waals surface area contributed by atoms with Gasteiger partial charge in [0.05, 0.1) is 17.1 Å². The Kier molecular flexibility index (Phi) is 6.67. The molecule has 1 aromatic heterocycles. The van der Waals surface area contributed by atoms with Gasteiger partial charge in [-0.15, -0.1) is 0 Å². The average Bonchev–Trinajstić information content (AvgIpc) is 2.77. The van der Waals surface area contributed by atoms with Crippen LogP contribution < -0.4 is 4.74 Å².